The molecule has 0 amide bonds. The summed E-state index contributed by atoms with van der Waals surface area (Å²) in [6.07, 6.45) is 2.47. The normalized spacial score (nSPS) is 10.7. The van der Waals surface area contributed by atoms with E-state index in [0.29, 0.717) is 32.8 Å². The van der Waals surface area contributed by atoms with Crippen LogP contribution in [0.1, 0.15) is 26.2 Å². The Morgan fingerprint density at radius 1 is 1.06 bits per heavy atom. The number of carbonyl (C=O) groups is 1. The van der Waals surface area contributed by atoms with Crippen LogP contribution in [-0.2, 0) is 14.3 Å². The Morgan fingerprint density at radius 3 is 2.29 bits per heavy atom. The molecule has 0 aliphatic rings. The minimum Gasteiger partial charge on any atom is -0.379 e. The van der Waals surface area contributed by atoms with Gasteiger partial charge < -0.3 is 20.5 Å². The Kier molecular flexibility index (Phi) is 13.2. The van der Waals surface area contributed by atoms with Crippen LogP contribution in [0.2, 0.25) is 0 Å². The van der Waals surface area contributed by atoms with Gasteiger partial charge in [0.05, 0.1) is 13.2 Å². The molecule has 0 fully saturated rings. The van der Waals surface area contributed by atoms with Gasteiger partial charge in [0.15, 0.2) is 0 Å². The number of hydrogen-bond acceptors (Lipinski definition) is 5. The smallest absolute Gasteiger partial charge is 0.131 e. The molecule has 0 aliphatic heterocycles. The Hall–Kier alpha value is -0.490. The molecule has 0 bridgehead atoms. The molecule has 5 heteroatoms. The molecular formula is C12H26N2O3. The summed E-state index contributed by atoms with van der Waals surface area (Å²) < 4.78 is 10.7. The molecular weight excluding hydrogens is 220 g/mol. The quantitative estimate of drug-likeness (QED) is 0.458. The van der Waals surface area contributed by atoms with E-state index in [2.05, 4.69) is 5.32 Å². The topological polar surface area (TPSA) is 73.6 Å². The Balaban J connectivity index is 2.91. The van der Waals surface area contributed by atoms with E-state index in [1.807, 2.05) is 0 Å². The van der Waals surface area contributed by atoms with Gasteiger partial charge in [0, 0.05) is 26.2 Å². The van der Waals surface area contributed by atoms with Crippen LogP contribution in [0.5, 0.6) is 0 Å². The lowest BCUT2D eigenvalue weighted by molar-refractivity contribution is -0.116. The lowest BCUT2D eigenvalue weighted by Gasteiger charge is -2.06. The predicted molar refractivity (Wildman–Crippen MR) is 68.1 cm³/mol. The van der Waals surface area contributed by atoms with Gasteiger partial charge in [0.2, 0.25) is 0 Å². The first-order chi connectivity index (χ1) is 8.27. The molecule has 0 aromatic heterocycles. The zero-order valence-corrected chi connectivity index (χ0v) is 10.9. The summed E-state index contributed by atoms with van der Waals surface area (Å²) in [5, 5.41) is 3.19. The third-order valence-corrected chi connectivity index (χ3v) is 2.16. The molecule has 0 unspecified atom stereocenters. The van der Waals surface area contributed by atoms with Crippen molar-refractivity contribution < 1.29 is 14.3 Å². The Morgan fingerprint density at radius 2 is 1.71 bits per heavy atom. The van der Waals surface area contributed by atoms with E-state index in [-0.39, 0.29) is 5.78 Å². The average Bonchev–Trinajstić information content (AvgIpc) is 2.30. The molecule has 0 aromatic carbocycles. The van der Waals surface area contributed by atoms with Gasteiger partial charge in [0.1, 0.15) is 5.78 Å². The molecule has 3 N–H and O–H groups in total. The number of rotatable bonds is 13. The number of carbonyl (C=O) groups excluding carboxylic acids is 1. The highest BCUT2D eigenvalue weighted by Crippen LogP contribution is 1.85. The monoisotopic (exact) mass is 246 g/mol. The molecule has 0 rings (SSSR count). The molecule has 0 aromatic rings. The van der Waals surface area contributed by atoms with E-state index in [9.17, 15) is 4.79 Å². The Bertz CT molecular complexity index is 177. The minimum atomic E-state index is 0.225. The molecule has 0 spiro atoms. The van der Waals surface area contributed by atoms with E-state index in [4.69, 9.17) is 15.2 Å². The molecule has 0 aliphatic carbocycles. The van der Waals surface area contributed by atoms with Gasteiger partial charge >= 0.3 is 0 Å². The van der Waals surface area contributed by atoms with Crippen molar-refractivity contribution in [2.75, 3.05) is 46.1 Å². The molecule has 5 nitrogen and oxygen atoms in total. The molecule has 17 heavy (non-hydrogen) atoms. The summed E-state index contributed by atoms with van der Waals surface area (Å²) in [6.45, 7) is 6.65. The number of ketones is 1. The van der Waals surface area contributed by atoms with Gasteiger partial charge in [-0.2, -0.15) is 0 Å². The molecule has 0 saturated carbocycles. The van der Waals surface area contributed by atoms with Gasteiger partial charge in [-0.05, 0) is 32.9 Å². The summed E-state index contributed by atoms with van der Waals surface area (Å²) >= 11 is 0. The second-order valence-electron chi connectivity index (χ2n) is 3.92. The number of hydrogen-bond donors (Lipinski definition) is 2. The van der Waals surface area contributed by atoms with E-state index in [1.165, 1.54) is 0 Å². The summed E-state index contributed by atoms with van der Waals surface area (Å²) in [6, 6.07) is 0. The van der Waals surface area contributed by atoms with Crippen molar-refractivity contribution >= 4 is 5.78 Å². The number of ether oxygens (including phenoxy) is 2. The van der Waals surface area contributed by atoms with Crippen LogP contribution in [-0.4, -0.2) is 51.8 Å². The molecule has 0 saturated heterocycles. The molecule has 102 valence electrons. The van der Waals surface area contributed by atoms with Gasteiger partial charge in [-0.15, -0.1) is 0 Å². The fourth-order valence-electron chi connectivity index (χ4n) is 1.20. The zero-order chi connectivity index (χ0) is 12.8. The summed E-state index contributed by atoms with van der Waals surface area (Å²) in [5.74, 6) is 0.225. The predicted octanol–water partition coefficient (Wildman–Crippen LogP) is 0.327. The fourth-order valence-corrected chi connectivity index (χ4v) is 1.20. The highest BCUT2D eigenvalue weighted by Gasteiger charge is 1.93. The van der Waals surface area contributed by atoms with Crippen molar-refractivity contribution in [2.24, 2.45) is 5.73 Å². The van der Waals surface area contributed by atoms with Crippen molar-refractivity contribution in [3.05, 3.63) is 0 Å². The lowest BCUT2D eigenvalue weighted by Crippen LogP contribution is -2.20. The highest BCUT2D eigenvalue weighted by molar-refractivity contribution is 5.75. The van der Waals surface area contributed by atoms with E-state index < -0.39 is 0 Å². The van der Waals surface area contributed by atoms with Crippen molar-refractivity contribution in [1.82, 2.24) is 5.32 Å². The van der Waals surface area contributed by atoms with Crippen LogP contribution in [0, 0.1) is 0 Å². The van der Waals surface area contributed by atoms with Gasteiger partial charge in [-0.25, -0.2) is 0 Å². The first-order valence-electron chi connectivity index (χ1n) is 6.33. The minimum absolute atomic E-state index is 0.225. The van der Waals surface area contributed by atoms with Crippen molar-refractivity contribution in [3.8, 4) is 0 Å². The average molecular weight is 246 g/mol. The molecule has 0 atom stereocenters. The van der Waals surface area contributed by atoms with Crippen LogP contribution >= 0.6 is 0 Å². The van der Waals surface area contributed by atoms with Crippen molar-refractivity contribution in [1.29, 1.82) is 0 Å². The summed E-state index contributed by atoms with van der Waals surface area (Å²) in [5.41, 5.74) is 5.33. The van der Waals surface area contributed by atoms with Crippen molar-refractivity contribution in [3.63, 3.8) is 0 Å². The standard InChI is InChI=1S/C12H26N2O3/c1-12(15)4-7-14-6-3-9-17-11-10-16-8-2-5-13/h14H,2-11,13H2,1H3. The van der Waals surface area contributed by atoms with Crippen LogP contribution < -0.4 is 11.1 Å². The first kappa shape index (κ1) is 16.5. The lowest BCUT2D eigenvalue weighted by atomic mass is 10.3. The largest absolute Gasteiger partial charge is 0.379 e. The third-order valence-electron chi connectivity index (χ3n) is 2.16. The summed E-state index contributed by atoms with van der Waals surface area (Å²) in [4.78, 5) is 10.6. The molecule has 0 heterocycles. The molecule has 0 radical (unpaired) electrons. The third kappa shape index (κ3) is 15.5. The first-order valence-corrected chi connectivity index (χ1v) is 6.33. The second kappa shape index (κ2) is 13.6. The van der Waals surface area contributed by atoms with Gasteiger partial charge in [-0.1, -0.05) is 0 Å². The number of nitrogens with two attached hydrogens (primary N) is 1. The van der Waals surface area contributed by atoms with Gasteiger partial charge in [-0.3, -0.25) is 4.79 Å². The van der Waals surface area contributed by atoms with Crippen LogP contribution in [0.3, 0.4) is 0 Å². The number of nitrogens with one attached hydrogen (secondary N) is 1. The van der Waals surface area contributed by atoms with Crippen molar-refractivity contribution in [2.45, 2.75) is 26.2 Å². The number of Topliss-reactive ketones (excluding diaryl/α,β-unsaturated/α-hetero) is 1. The maximum Gasteiger partial charge on any atom is 0.131 e. The maximum atomic E-state index is 10.6. The summed E-state index contributed by atoms with van der Waals surface area (Å²) in [7, 11) is 0. The highest BCUT2D eigenvalue weighted by atomic mass is 16.5. The fraction of sp³-hybridized carbons (Fsp3) is 0.917. The second-order valence-corrected chi connectivity index (χ2v) is 3.92. The maximum absolute atomic E-state index is 10.6. The van der Waals surface area contributed by atoms with E-state index in [1.54, 1.807) is 6.92 Å². The SMILES string of the molecule is CC(=O)CCNCCCOCCOCCCN. The van der Waals surface area contributed by atoms with E-state index in [0.717, 1.165) is 32.5 Å². The van der Waals surface area contributed by atoms with Crippen LogP contribution in [0.4, 0.5) is 0 Å². The van der Waals surface area contributed by atoms with Crippen LogP contribution in [0.15, 0.2) is 0 Å². The van der Waals surface area contributed by atoms with Crippen LogP contribution in [0.25, 0.3) is 0 Å². The zero-order valence-electron chi connectivity index (χ0n) is 10.9. The Labute approximate surface area is 104 Å². The van der Waals surface area contributed by atoms with E-state index >= 15 is 0 Å². The van der Waals surface area contributed by atoms with Gasteiger partial charge in [0.25, 0.3) is 0 Å².